The van der Waals surface area contributed by atoms with E-state index >= 15 is 0 Å². The van der Waals surface area contributed by atoms with Gasteiger partial charge < -0.3 is 15.7 Å². The fraction of sp³-hybridized carbons (Fsp3) is 0.500. The van der Waals surface area contributed by atoms with Crippen LogP contribution in [0.5, 0.6) is 0 Å². The van der Waals surface area contributed by atoms with E-state index in [1.54, 1.807) is 11.3 Å². The van der Waals surface area contributed by atoms with Crippen molar-refractivity contribution in [3.63, 3.8) is 0 Å². The van der Waals surface area contributed by atoms with Gasteiger partial charge in [0.25, 0.3) is 0 Å². The van der Waals surface area contributed by atoms with Crippen molar-refractivity contribution in [3.8, 4) is 0 Å². The van der Waals surface area contributed by atoms with Gasteiger partial charge >= 0.3 is 0 Å². The molecule has 0 aliphatic carbocycles. The van der Waals surface area contributed by atoms with Crippen LogP contribution in [-0.2, 0) is 0 Å². The van der Waals surface area contributed by atoms with E-state index in [1.807, 2.05) is 18.4 Å². The molecule has 3 rings (SSSR count). The third-order valence-electron chi connectivity index (χ3n) is 3.30. The number of nitrogens with zero attached hydrogens (tertiary/aromatic N) is 3. The molecule has 6 heteroatoms. The molecule has 0 amide bonds. The highest BCUT2D eigenvalue weighted by Gasteiger charge is 2.30. The van der Waals surface area contributed by atoms with Crippen LogP contribution in [-0.4, -0.2) is 33.8 Å². The fourth-order valence-electron chi connectivity index (χ4n) is 2.50. The molecule has 18 heavy (non-hydrogen) atoms. The molecule has 1 fully saturated rings. The summed E-state index contributed by atoms with van der Waals surface area (Å²) in [4.78, 5) is 11.6. The van der Waals surface area contributed by atoms with Crippen LogP contribution in [0.4, 0.5) is 11.8 Å². The Morgan fingerprint density at radius 1 is 1.50 bits per heavy atom. The minimum atomic E-state index is -0.652. The van der Waals surface area contributed by atoms with E-state index in [1.165, 1.54) is 0 Å². The first-order valence-electron chi connectivity index (χ1n) is 6.03. The summed E-state index contributed by atoms with van der Waals surface area (Å²) < 4.78 is 0. The molecule has 1 aliphatic rings. The van der Waals surface area contributed by atoms with E-state index < -0.39 is 5.60 Å². The number of hydrogen-bond acceptors (Lipinski definition) is 6. The molecule has 3 heterocycles. The van der Waals surface area contributed by atoms with Crippen LogP contribution in [0.15, 0.2) is 11.4 Å². The van der Waals surface area contributed by atoms with Crippen LogP contribution >= 0.6 is 11.3 Å². The normalized spacial score (nSPS) is 24.7. The second-order valence-corrected chi connectivity index (χ2v) is 5.96. The SMILES string of the molecule is CC1(O)CCCN(c2nc(N)nc3sccc23)C1. The maximum Gasteiger partial charge on any atom is 0.223 e. The summed E-state index contributed by atoms with van der Waals surface area (Å²) in [6.45, 7) is 3.36. The van der Waals surface area contributed by atoms with E-state index in [2.05, 4.69) is 14.9 Å². The van der Waals surface area contributed by atoms with Gasteiger partial charge in [-0.15, -0.1) is 11.3 Å². The van der Waals surface area contributed by atoms with E-state index in [0.717, 1.165) is 35.4 Å². The summed E-state index contributed by atoms with van der Waals surface area (Å²) in [7, 11) is 0. The van der Waals surface area contributed by atoms with Gasteiger partial charge in [0.2, 0.25) is 5.95 Å². The zero-order chi connectivity index (χ0) is 12.8. The Kier molecular flexibility index (Phi) is 2.64. The Bertz CT molecular complexity index is 580. The molecule has 0 aromatic carbocycles. The van der Waals surface area contributed by atoms with Gasteiger partial charge in [-0.3, -0.25) is 0 Å². The van der Waals surface area contributed by atoms with Crippen molar-refractivity contribution in [1.29, 1.82) is 0 Å². The van der Waals surface area contributed by atoms with Crippen LogP contribution in [0.2, 0.25) is 0 Å². The summed E-state index contributed by atoms with van der Waals surface area (Å²) >= 11 is 1.56. The van der Waals surface area contributed by atoms with Gasteiger partial charge in [-0.25, -0.2) is 4.98 Å². The van der Waals surface area contributed by atoms with Crippen LogP contribution < -0.4 is 10.6 Å². The summed E-state index contributed by atoms with van der Waals surface area (Å²) in [5, 5.41) is 13.2. The van der Waals surface area contributed by atoms with Gasteiger partial charge in [0.15, 0.2) is 0 Å². The van der Waals surface area contributed by atoms with Gasteiger partial charge in [0.1, 0.15) is 10.6 Å². The van der Waals surface area contributed by atoms with Crippen LogP contribution in [0.25, 0.3) is 10.2 Å². The minimum absolute atomic E-state index is 0.296. The molecule has 0 bridgehead atoms. The number of piperidine rings is 1. The molecule has 1 atom stereocenters. The molecule has 2 aromatic heterocycles. The molecular weight excluding hydrogens is 248 g/mol. The molecule has 1 saturated heterocycles. The number of aliphatic hydroxyl groups is 1. The Balaban J connectivity index is 2.05. The summed E-state index contributed by atoms with van der Waals surface area (Å²) in [5.74, 6) is 1.14. The molecule has 0 spiro atoms. The summed E-state index contributed by atoms with van der Waals surface area (Å²) in [5.41, 5.74) is 5.10. The van der Waals surface area contributed by atoms with Crippen molar-refractivity contribution < 1.29 is 5.11 Å². The second kappa shape index (κ2) is 4.07. The van der Waals surface area contributed by atoms with E-state index in [0.29, 0.717) is 12.5 Å². The van der Waals surface area contributed by atoms with E-state index in [9.17, 15) is 5.11 Å². The maximum atomic E-state index is 10.2. The first kappa shape index (κ1) is 11.7. The van der Waals surface area contributed by atoms with Gasteiger partial charge in [-0.1, -0.05) is 0 Å². The highest BCUT2D eigenvalue weighted by atomic mass is 32.1. The molecule has 5 nitrogen and oxygen atoms in total. The lowest BCUT2D eigenvalue weighted by Crippen LogP contribution is -2.46. The summed E-state index contributed by atoms with van der Waals surface area (Å²) in [6, 6.07) is 2.01. The van der Waals surface area contributed by atoms with Crippen molar-refractivity contribution >= 4 is 33.3 Å². The zero-order valence-corrected chi connectivity index (χ0v) is 11.1. The predicted molar refractivity (Wildman–Crippen MR) is 73.9 cm³/mol. The predicted octanol–water partition coefficient (Wildman–Crippen LogP) is 1.62. The van der Waals surface area contributed by atoms with Gasteiger partial charge in [0.05, 0.1) is 11.0 Å². The number of β-amino-alcohol motifs (C(OH)–C–C–N with tert-alkyl or cyclic N) is 1. The molecular formula is C12H16N4OS. The quantitative estimate of drug-likeness (QED) is 0.818. The number of aromatic nitrogens is 2. The largest absolute Gasteiger partial charge is 0.388 e. The van der Waals surface area contributed by atoms with Crippen LogP contribution in [0.3, 0.4) is 0 Å². The lowest BCUT2D eigenvalue weighted by molar-refractivity contribution is 0.0448. The summed E-state index contributed by atoms with van der Waals surface area (Å²) in [6.07, 6.45) is 1.79. The standard InChI is InChI=1S/C12H16N4OS/c1-12(17)4-2-5-16(7-12)9-8-3-6-18-10(8)15-11(13)14-9/h3,6,17H,2,4-5,7H2,1H3,(H2,13,14,15). The van der Waals surface area contributed by atoms with Crippen LogP contribution in [0.1, 0.15) is 19.8 Å². The zero-order valence-electron chi connectivity index (χ0n) is 10.3. The minimum Gasteiger partial charge on any atom is -0.388 e. The van der Waals surface area contributed by atoms with Crippen LogP contribution in [0, 0.1) is 0 Å². The average molecular weight is 264 g/mol. The number of rotatable bonds is 1. The van der Waals surface area contributed by atoms with Crippen molar-refractivity contribution in [3.05, 3.63) is 11.4 Å². The smallest absolute Gasteiger partial charge is 0.223 e. The van der Waals surface area contributed by atoms with Crippen molar-refractivity contribution in [2.45, 2.75) is 25.4 Å². The number of fused-ring (bicyclic) bond motifs is 1. The molecule has 96 valence electrons. The first-order valence-corrected chi connectivity index (χ1v) is 6.91. The van der Waals surface area contributed by atoms with Crippen molar-refractivity contribution in [1.82, 2.24) is 9.97 Å². The highest BCUT2D eigenvalue weighted by molar-refractivity contribution is 7.16. The molecule has 1 aliphatic heterocycles. The third-order valence-corrected chi connectivity index (χ3v) is 4.10. The third kappa shape index (κ3) is 2.02. The van der Waals surface area contributed by atoms with E-state index in [4.69, 9.17) is 5.73 Å². The monoisotopic (exact) mass is 264 g/mol. The maximum absolute atomic E-state index is 10.2. The van der Waals surface area contributed by atoms with E-state index in [-0.39, 0.29) is 0 Å². The molecule has 0 radical (unpaired) electrons. The highest BCUT2D eigenvalue weighted by Crippen LogP contribution is 2.32. The Morgan fingerprint density at radius 3 is 3.11 bits per heavy atom. The topological polar surface area (TPSA) is 75.3 Å². The number of nitrogens with two attached hydrogens (primary N) is 1. The first-order chi connectivity index (χ1) is 8.55. The Hall–Kier alpha value is -1.40. The number of anilines is 2. The number of nitrogen functional groups attached to an aromatic ring is 1. The van der Waals surface area contributed by atoms with Gasteiger partial charge in [-0.05, 0) is 31.2 Å². The Labute approximate surface area is 109 Å². The lowest BCUT2D eigenvalue weighted by atomic mass is 9.95. The van der Waals surface area contributed by atoms with Gasteiger partial charge in [-0.2, -0.15) is 4.98 Å². The average Bonchev–Trinajstić information content (AvgIpc) is 2.74. The molecule has 3 N–H and O–H groups in total. The number of thiophene rings is 1. The number of hydrogen-bond donors (Lipinski definition) is 2. The van der Waals surface area contributed by atoms with Gasteiger partial charge in [0, 0.05) is 13.1 Å². The molecule has 0 saturated carbocycles. The lowest BCUT2D eigenvalue weighted by Gasteiger charge is -2.37. The van der Waals surface area contributed by atoms with Crippen molar-refractivity contribution in [2.75, 3.05) is 23.7 Å². The fourth-order valence-corrected chi connectivity index (χ4v) is 3.26. The second-order valence-electron chi connectivity index (χ2n) is 5.07. The van der Waals surface area contributed by atoms with Crippen molar-refractivity contribution in [2.24, 2.45) is 0 Å². The molecule has 2 aromatic rings. The molecule has 1 unspecified atom stereocenters. The Morgan fingerprint density at radius 2 is 2.33 bits per heavy atom.